The van der Waals surface area contributed by atoms with Crippen LogP contribution in [-0.2, 0) is 6.42 Å². The molecule has 0 atom stereocenters. The molecule has 0 aromatic heterocycles. The largest absolute Gasteiger partial charge is 0.487 e. The third kappa shape index (κ3) is 4.13. The number of aryl methyl sites for hydroxylation is 1. The lowest BCUT2D eigenvalue weighted by Gasteiger charge is -2.32. The van der Waals surface area contributed by atoms with Crippen molar-refractivity contribution < 1.29 is 23.1 Å². The molecule has 3 nitrogen and oxygen atoms in total. The molecular weight excluding hydrogens is 398 g/mol. The smallest absolute Gasteiger partial charge is 0.170 e. The van der Waals surface area contributed by atoms with E-state index in [9.17, 15) is 18.4 Å². The number of Topliss-reactive ketones (excluding diaryl/α,β-unsaturated/α-hetero) is 2. The Bertz CT molecular complexity index is 1170. The molecule has 3 aromatic rings. The highest BCUT2D eigenvalue weighted by molar-refractivity contribution is 6.01. The minimum Gasteiger partial charge on any atom is -0.487 e. The van der Waals surface area contributed by atoms with Crippen LogP contribution in [0.1, 0.15) is 52.1 Å². The maximum atomic E-state index is 13.8. The number of fused-ring (bicyclic) bond motifs is 1. The van der Waals surface area contributed by atoms with Crippen molar-refractivity contribution in [1.29, 1.82) is 0 Å². The van der Waals surface area contributed by atoms with Crippen molar-refractivity contribution in [1.82, 2.24) is 0 Å². The van der Waals surface area contributed by atoms with Crippen molar-refractivity contribution in [2.75, 3.05) is 0 Å². The second kappa shape index (κ2) is 7.73. The number of rotatable bonds is 4. The second-order valence-electron chi connectivity index (χ2n) is 8.50. The summed E-state index contributed by atoms with van der Waals surface area (Å²) in [5, 5.41) is 0. The number of ether oxygens (including phenoxy) is 1. The van der Waals surface area contributed by atoms with Gasteiger partial charge < -0.3 is 4.74 Å². The summed E-state index contributed by atoms with van der Waals surface area (Å²) in [5.74, 6) is -1.22. The van der Waals surface area contributed by atoms with Crippen LogP contribution in [-0.4, -0.2) is 17.2 Å². The van der Waals surface area contributed by atoms with Crippen LogP contribution in [0.4, 0.5) is 8.78 Å². The van der Waals surface area contributed by atoms with E-state index in [4.69, 9.17) is 4.74 Å². The number of hydrogen-bond acceptors (Lipinski definition) is 3. The number of ketones is 2. The van der Waals surface area contributed by atoms with Crippen molar-refractivity contribution in [3.8, 4) is 16.9 Å². The average Bonchev–Trinajstić information content (AvgIpc) is 2.70. The summed E-state index contributed by atoms with van der Waals surface area (Å²) in [4.78, 5) is 25.0. The second-order valence-corrected chi connectivity index (χ2v) is 8.50. The van der Waals surface area contributed by atoms with E-state index in [0.29, 0.717) is 23.3 Å². The Hall–Kier alpha value is -3.34. The van der Waals surface area contributed by atoms with Crippen LogP contribution in [0.25, 0.3) is 11.1 Å². The van der Waals surface area contributed by atoms with Crippen molar-refractivity contribution in [3.63, 3.8) is 0 Å². The molecule has 31 heavy (non-hydrogen) atoms. The Morgan fingerprint density at radius 3 is 2.29 bits per heavy atom. The molecule has 0 unspecified atom stereocenters. The fourth-order valence-corrected chi connectivity index (χ4v) is 3.92. The molecule has 3 aromatic carbocycles. The minimum absolute atomic E-state index is 0.0576. The number of carbonyl (C=O) groups is 2. The molecule has 5 heteroatoms. The van der Waals surface area contributed by atoms with Crippen molar-refractivity contribution >= 4 is 11.6 Å². The Morgan fingerprint density at radius 1 is 1.00 bits per heavy atom. The maximum Gasteiger partial charge on any atom is 0.170 e. The van der Waals surface area contributed by atoms with Crippen molar-refractivity contribution in [2.24, 2.45) is 0 Å². The predicted octanol–water partition coefficient (Wildman–Crippen LogP) is 6.11. The molecule has 158 valence electrons. The van der Waals surface area contributed by atoms with Crippen LogP contribution in [0.15, 0.2) is 54.6 Å². The van der Waals surface area contributed by atoms with Gasteiger partial charge in [-0.25, -0.2) is 8.78 Å². The first-order chi connectivity index (χ1) is 14.6. The highest BCUT2D eigenvalue weighted by Crippen LogP contribution is 2.38. The zero-order valence-corrected chi connectivity index (χ0v) is 17.6. The quantitative estimate of drug-likeness (QED) is 0.478. The summed E-state index contributed by atoms with van der Waals surface area (Å²) < 4.78 is 33.7. The molecular formula is C26H22F2O3. The van der Waals surface area contributed by atoms with Gasteiger partial charge in [-0.15, -0.1) is 0 Å². The zero-order valence-electron chi connectivity index (χ0n) is 17.6. The molecule has 0 radical (unpaired) electrons. The van der Waals surface area contributed by atoms with Gasteiger partial charge in [-0.2, -0.15) is 0 Å². The molecule has 0 saturated carbocycles. The summed E-state index contributed by atoms with van der Waals surface area (Å²) in [7, 11) is 0. The number of hydrogen-bond donors (Lipinski definition) is 0. The monoisotopic (exact) mass is 420 g/mol. The van der Waals surface area contributed by atoms with Gasteiger partial charge in [0.25, 0.3) is 0 Å². The first-order valence-electron chi connectivity index (χ1n) is 10.1. The third-order valence-electron chi connectivity index (χ3n) is 5.52. The molecule has 1 heterocycles. The Morgan fingerprint density at radius 2 is 1.65 bits per heavy atom. The van der Waals surface area contributed by atoms with E-state index in [0.717, 1.165) is 28.8 Å². The van der Waals surface area contributed by atoms with E-state index in [-0.39, 0.29) is 23.6 Å². The van der Waals surface area contributed by atoms with Gasteiger partial charge in [-0.05, 0) is 61.7 Å². The SMILES string of the molecule is Cc1cc2c(cc1-c1ccc(C(=O)Cc3c(F)cccc3F)cc1)OC(C)(C)CC2=O. The maximum absolute atomic E-state index is 13.8. The lowest BCUT2D eigenvalue weighted by molar-refractivity contribution is 0.0620. The Labute approximate surface area is 179 Å². The number of benzene rings is 3. The summed E-state index contributed by atoms with van der Waals surface area (Å²) in [6.07, 6.45) is -0.0149. The van der Waals surface area contributed by atoms with E-state index in [1.165, 1.54) is 6.07 Å². The van der Waals surface area contributed by atoms with Gasteiger partial charge >= 0.3 is 0 Å². The van der Waals surface area contributed by atoms with Crippen LogP contribution in [0, 0.1) is 18.6 Å². The third-order valence-corrected chi connectivity index (χ3v) is 5.52. The van der Waals surface area contributed by atoms with Gasteiger partial charge in [-0.3, -0.25) is 9.59 Å². The molecule has 0 bridgehead atoms. The summed E-state index contributed by atoms with van der Waals surface area (Å²) >= 11 is 0. The first kappa shape index (κ1) is 20.9. The normalized spacial score (nSPS) is 14.7. The topological polar surface area (TPSA) is 43.4 Å². The average molecular weight is 420 g/mol. The van der Waals surface area contributed by atoms with E-state index < -0.39 is 17.2 Å². The molecule has 0 saturated heterocycles. The molecule has 0 fully saturated rings. The molecule has 4 rings (SSSR count). The Balaban J connectivity index is 1.61. The molecule has 0 amide bonds. The standard InChI is InChI=1S/C26H22F2O3/c1-15-11-20-24(30)14-26(2,3)31-25(20)13-18(15)16-7-9-17(10-8-16)23(29)12-19-21(27)5-4-6-22(19)28/h4-11,13H,12,14H2,1-3H3. The van der Waals surface area contributed by atoms with Crippen LogP contribution in [0.3, 0.4) is 0 Å². The summed E-state index contributed by atoms with van der Waals surface area (Å²) in [6, 6.07) is 14.1. The molecule has 0 spiro atoms. The van der Waals surface area contributed by atoms with E-state index in [1.54, 1.807) is 24.3 Å². The van der Waals surface area contributed by atoms with Crippen molar-refractivity contribution in [3.05, 3.63) is 88.5 Å². The fourth-order valence-electron chi connectivity index (χ4n) is 3.92. The first-order valence-corrected chi connectivity index (χ1v) is 10.1. The fraction of sp³-hybridized carbons (Fsp3) is 0.231. The van der Waals surface area contributed by atoms with Crippen LogP contribution in [0.2, 0.25) is 0 Å². The van der Waals surface area contributed by atoms with E-state index in [1.807, 2.05) is 32.9 Å². The van der Waals surface area contributed by atoms with E-state index >= 15 is 0 Å². The van der Waals surface area contributed by atoms with Gasteiger partial charge in [0.2, 0.25) is 0 Å². The summed E-state index contributed by atoms with van der Waals surface area (Å²) in [6.45, 7) is 5.68. The molecule has 1 aliphatic rings. The van der Waals surface area contributed by atoms with Gasteiger partial charge in [0.15, 0.2) is 11.6 Å². The van der Waals surface area contributed by atoms with Gasteiger partial charge in [0, 0.05) is 17.5 Å². The highest BCUT2D eigenvalue weighted by atomic mass is 19.1. The highest BCUT2D eigenvalue weighted by Gasteiger charge is 2.33. The number of halogens is 2. The van der Waals surface area contributed by atoms with Gasteiger partial charge in [0.1, 0.15) is 23.0 Å². The zero-order chi connectivity index (χ0) is 22.3. The van der Waals surface area contributed by atoms with Gasteiger partial charge in [0.05, 0.1) is 12.0 Å². The summed E-state index contributed by atoms with van der Waals surface area (Å²) in [5.41, 5.74) is 2.83. The Kier molecular flexibility index (Phi) is 5.21. The molecule has 0 N–H and O–H groups in total. The minimum atomic E-state index is -0.730. The molecule has 0 aliphatic carbocycles. The lowest BCUT2D eigenvalue weighted by atomic mass is 9.89. The van der Waals surface area contributed by atoms with Gasteiger partial charge in [-0.1, -0.05) is 30.3 Å². The van der Waals surface area contributed by atoms with Crippen LogP contribution >= 0.6 is 0 Å². The number of carbonyl (C=O) groups excluding carboxylic acids is 2. The van der Waals surface area contributed by atoms with Crippen molar-refractivity contribution in [2.45, 2.75) is 39.2 Å². The van der Waals surface area contributed by atoms with Crippen LogP contribution in [0.5, 0.6) is 5.75 Å². The van der Waals surface area contributed by atoms with Crippen LogP contribution < -0.4 is 4.74 Å². The molecule has 1 aliphatic heterocycles. The van der Waals surface area contributed by atoms with E-state index in [2.05, 4.69) is 0 Å². The predicted molar refractivity (Wildman–Crippen MR) is 115 cm³/mol. The lowest BCUT2D eigenvalue weighted by Crippen LogP contribution is -2.35.